The number of anilines is 1. The highest BCUT2D eigenvalue weighted by atomic mass is 127. The van der Waals surface area contributed by atoms with Crippen LogP contribution in [0.15, 0.2) is 17.3 Å². The number of hydrogen-bond acceptors (Lipinski definition) is 3. The number of nitroso groups, excluding NO2 is 1. The molecule has 0 spiro atoms. The number of halogens is 1. The molecule has 1 aromatic carbocycles. The molecule has 3 nitrogen and oxygen atoms in total. The third-order valence-electron chi connectivity index (χ3n) is 1.65. The van der Waals surface area contributed by atoms with Crippen molar-refractivity contribution in [3.63, 3.8) is 0 Å². The lowest BCUT2D eigenvalue weighted by Gasteiger charge is -2.05. The highest BCUT2D eigenvalue weighted by Crippen LogP contribution is 2.27. The van der Waals surface area contributed by atoms with Gasteiger partial charge in [0.25, 0.3) is 0 Å². The summed E-state index contributed by atoms with van der Waals surface area (Å²) >= 11 is 2.21. The third-order valence-corrected chi connectivity index (χ3v) is 2.55. The first kappa shape index (κ1) is 9.44. The Labute approximate surface area is 84.7 Å². The van der Waals surface area contributed by atoms with Crippen LogP contribution in [0.3, 0.4) is 0 Å². The fraction of sp³-hybridized carbons (Fsp3) is 0.250. The van der Waals surface area contributed by atoms with Crippen molar-refractivity contribution in [1.29, 1.82) is 0 Å². The van der Waals surface area contributed by atoms with Crippen molar-refractivity contribution in [2.75, 3.05) is 12.4 Å². The minimum atomic E-state index is 0.500. The van der Waals surface area contributed by atoms with Gasteiger partial charge >= 0.3 is 0 Å². The molecule has 0 saturated carbocycles. The molecule has 64 valence electrons. The van der Waals surface area contributed by atoms with Gasteiger partial charge < -0.3 is 5.32 Å². The quantitative estimate of drug-likeness (QED) is 0.666. The maximum Gasteiger partial charge on any atom is 0.113 e. The first-order valence-corrected chi connectivity index (χ1v) is 4.58. The van der Waals surface area contributed by atoms with E-state index in [0.717, 1.165) is 14.8 Å². The summed E-state index contributed by atoms with van der Waals surface area (Å²) in [6.07, 6.45) is 0. The molecule has 0 heterocycles. The molecular weight excluding hydrogens is 267 g/mol. The molecule has 0 amide bonds. The van der Waals surface area contributed by atoms with Gasteiger partial charge in [-0.1, -0.05) is 0 Å². The van der Waals surface area contributed by atoms with Crippen LogP contribution in [-0.2, 0) is 0 Å². The van der Waals surface area contributed by atoms with Gasteiger partial charge in [0, 0.05) is 16.3 Å². The van der Waals surface area contributed by atoms with Crippen molar-refractivity contribution in [2.45, 2.75) is 6.92 Å². The lowest BCUT2D eigenvalue weighted by molar-refractivity contribution is 1.35. The summed E-state index contributed by atoms with van der Waals surface area (Å²) in [5.41, 5.74) is 2.35. The lowest BCUT2D eigenvalue weighted by Crippen LogP contribution is -1.91. The van der Waals surface area contributed by atoms with Crippen LogP contribution in [0.5, 0.6) is 0 Å². The molecule has 0 radical (unpaired) electrons. The van der Waals surface area contributed by atoms with Gasteiger partial charge in [-0.25, -0.2) is 0 Å². The normalized spacial score (nSPS) is 9.58. The highest BCUT2D eigenvalue weighted by molar-refractivity contribution is 14.1. The van der Waals surface area contributed by atoms with E-state index >= 15 is 0 Å². The molecule has 1 rings (SSSR count). The van der Waals surface area contributed by atoms with Crippen molar-refractivity contribution < 1.29 is 0 Å². The van der Waals surface area contributed by atoms with Crippen molar-refractivity contribution in [2.24, 2.45) is 5.18 Å². The van der Waals surface area contributed by atoms with Crippen LogP contribution in [0.2, 0.25) is 0 Å². The monoisotopic (exact) mass is 276 g/mol. The molecule has 0 unspecified atom stereocenters. The van der Waals surface area contributed by atoms with Gasteiger partial charge in [-0.3, -0.25) is 0 Å². The summed E-state index contributed by atoms with van der Waals surface area (Å²) in [7, 11) is 1.82. The van der Waals surface area contributed by atoms with E-state index in [2.05, 4.69) is 33.1 Å². The average molecular weight is 276 g/mol. The Morgan fingerprint density at radius 3 is 2.67 bits per heavy atom. The molecule has 0 aromatic heterocycles. The van der Waals surface area contributed by atoms with E-state index < -0.39 is 0 Å². The average Bonchev–Trinajstić information content (AvgIpc) is 2.05. The van der Waals surface area contributed by atoms with Crippen molar-refractivity contribution in [1.82, 2.24) is 0 Å². The van der Waals surface area contributed by atoms with Gasteiger partial charge in [-0.15, -0.1) is 4.91 Å². The Balaban J connectivity index is 3.26. The molecule has 0 bridgehead atoms. The Kier molecular flexibility index (Phi) is 3.02. The molecule has 0 aliphatic heterocycles. The second-order valence-corrected chi connectivity index (χ2v) is 3.62. The van der Waals surface area contributed by atoms with E-state index in [1.807, 2.05) is 20.0 Å². The number of nitrogens with one attached hydrogen (secondary N) is 1. The topological polar surface area (TPSA) is 41.5 Å². The maximum atomic E-state index is 10.3. The van der Waals surface area contributed by atoms with E-state index in [4.69, 9.17) is 0 Å². The Bertz CT molecular complexity index is 312. The minimum Gasteiger partial charge on any atom is -0.387 e. The summed E-state index contributed by atoms with van der Waals surface area (Å²) in [5.74, 6) is 0. The second-order valence-electron chi connectivity index (χ2n) is 2.46. The van der Waals surface area contributed by atoms with Crippen molar-refractivity contribution in [3.8, 4) is 0 Å². The zero-order valence-corrected chi connectivity index (χ0v) is 9.05. The standard InChI is InChI=1S/C8H9IN2O/c1-5-3-6(9)8(10-2)4-7(5)11-12/h3-4,10H,1-2H3. The van der Waals surface area contributed by atoms with Crippen LogP contribution in [-0.4, -0.2) is 7.05 Å². The van der Waals surface area contributed by atoms with E-state index in [1.165, 1.54) is 0 Å². The van der Waals surface area contributed by atoms with Crippen molar-refractivity contribution >= 4 is 34.0 Å². The summed E-state index contributed by atoms with van der Waals surface area (Å²) in [5, 5.41) is 5.92. The Morgan fingerprint density at radius 2 is 2.17 bits per heavy atom. The first-order valence-electron chi connectivity index (χ1n) is 3.50. The first-order chi connectivity index (χ1) is 5.69. The fourth-order valence-electron chi connectivity index (χ4n) is 0.951. The lowest BCUT2D eigenvalue weighted by atomic mass is 10.2. The van der Waals surface area contributed by atoms with Crippen molar-refractivity contribution in [3.05, 3.63) is 26.2 Å². The van der Waals surface area contributed by atoms with Gasteiger partial charge in [0.05, 0.1) is 0 Å². The Hall–Kier alpha value is -0.650. The Morgan fingerprint density at radius 1 is 1.50 bits per heavy atom. The van der Waals surface area contributed by atoms with E-state index in [-0.39, 0.29) is 0 Å². The minimum absolute atomic E-state index is 0.500. The van der Waals surface area contributed by atoms with Crippen LogP contribution < -0.4 is 5.32 Å². The highest BCUT2D eigenvalue weighted by Gasteiger charge is 2.03. The predicted molar refractivity (Wildman–Crippen MR) is 58.9 cm³/mol. The molecular formula is C8H9IN2O. The maximum absolute atomic E-state index is 10.3. The van der Waals surface area contributed by atoms with Crippen LogP contribution >= 0.6 is 22.6 Å². The summed E-state index contributed by atoms with van der Waals surface area (Å²) < 4.78 is 1.10. The van der Waals surface area contributed by atoms with Gasteiger partial charge in [-0.05, 0) is 52.4 Å². The fourth-order valence-corrected chi connectivity index (χ4v) is 1.84. The van der Waals surface area contributed by atoms with Gasteiger partial charge in [0.1, 0.15) is 5.69 Å². The molecule has 0 atom stereocenters. The van der Waals surface area contributed by atoms with Crippen LogP contribution in [0, 0.1) is 15.4 Å². The summed E-state index contributed by atoms with van der Waals surface area (Å²) in [4.78, 5) is 10.3. The second kappa shape index (κ2) is 3.84. The van der Waals surface area contributed by atoms with E-state index in [9.17, 15) is 4.91 Å². The molecule has 1 N–H and O–H groups in total. The summed E-state index contributed by atoms with van der Waals surface area (Å²) in [6.45, 7) is 1.87. The smallest absolute Gasteiger partial charge is 0.113 e. The zero-order valence-electron chi connectivity index (χ0n) is 6.89. The summed E-state index contributed by atoms with van der Waals surface area (Å²) in [6, 6.07) is 3.69. The number of rotatable bonds is 2. The molecule has 1 aromatic rings. The van der Waals surface area contributed by atoms with Gasteiger partial charge in [-0.2, -0.15) is 0 Å². The van der Waals surface area contributed by atoms with Gasteiger partial charge in [0.15, 0.2) is 0 Å². The van der Waals surface area contributed by atoms with Crippen LogP contribution in [0.4, 0.5) is 11.4 Å². The molecule has 12 heavy (non-hydrogen) atoms. The number of benzene rings is 1. The molecule has 0 saturated heterocycles. The number of hydrogen-bond donors (Lipinski definition) is 1. The van der Waals surface area contributed by atoms with E-state index in [0.29, 0.717) is 5.69 Å². The zero-order chi connectivity index (χ0) is 9.14. The molecule has 4 heteroatoms. The molecule has 0 fully saturated rings. The van der Waals surface area contributed by atoms with Gasteiger partial charge in [0.2, 0.25) is 0 Å². The predicted octanol–water partition coefficient (Wildman–Crippen LogP) is 3.04. The largest absolute Gasteiger partial charge is 0.387 e. The molecule has 0 aliphatic rings. The van der Waals surface area contributed by atoms with Crippen LogP contribution in [0.1, 0.15) is 5.56 Å². The number of aryl methyl sites for hydroxylation is 1. The number of nitrogens with zero attached hydrogens (tertiary/aromatic N) is 1. The van der Waals surface area contributed by atoms with E-state index in [1.54, 1.807) is 6.07 Å². The molecule has 0 aliphatic carbocycles. The third kappa shape index (κ3) is 1.74. The van der Waals surface area contributed by atoms with Crippen LogP contribution in [0.25, 0.3) is 0 Å². The SMILES string of the molecule is CNc1cc(N=O)c(C)cc1I.